The molecule has 0 atom stereocenters. The van der Waals surface area contributed by atoms with Crippen molar-refractivity contribution < 1.29 is 14.3 Å². The molecule has 0 aliphatic heterocycles. The molecule has 5 heteroatoms. The minimum atomic E-state index is -0.0329. The standard InChI is InChI=1S/C13H20N2O3/c1-17-8-9-18-12-5-2-4-11(10-12)15-13(16)6-3-7-14/h2,4-5,10H,3,6-9,14H2,1H3,(H,15,16). The normalized spacial score (nSPS) is 10.1. The van der Waals surface area contributed by atoms with E-state index in [0.717, 1.165) is 5.69 Å². The minimum Gasteiger partial charge on any atom is -0.491 e. The van der Waals surface area contributed by atoms with Crippen molar-refractivity contribution in [3.8, 4) is 5.75 Å². The van der Waals surface area contributed by atoms with E-state index in [4.69, 9.17) is 15.2 Å². The molecule has 0 bridgehead atoms. The number of methoxy groups -OCH3 is 1. The molecule has 1 rings (SSSR count). The van der Waals surface area contributed by atoms with Gasteiger partial charge in [-0.25, -0.2) is 0 Å². The fourth-order valence-electron chi connectivity index (χ4n) is 1.39. The molecule has 0 radical (unpaired) electrons. The Labute approximate surface area is 107 Å². The van der Waals surface area contributed by atoms with Gasteiger partial charge in [0.15, 0.2) is 0 Å². The van der Waals surface area contributed by atoms with E-state index in [1.807, 2.05) is 18.2 Å². The zero-order valence-corrected chi connectivity index (χ0v) is 10.6. The molecule has 100 valence electrons. The summed E-state index contributed by atoms with van der Waals surface area (Å²) in [7, 11) is 1.62. The highest BCUT2D eigenvalue weighted by Crippen LogP contribution is 2.17. The maximum atomic E-state index is 11.5. The quantitative estimate of drug-likeness (QED) is 0.686. The van der Waals surface area contributed by atoms with Crippen LogP contribution in [0.15, 0.2) is 24.3 Å². The molecule has 0 aliphatic carbocycles. The number of carbonyl (C=O) groups is 1. The number of rotatable bonds is 8. The Morgan fingerprint density at radius 1 is 1.39 bits per heavy atom. The first-order valence-electron chi connectivity index (χ1n) is 5.98. The highest BCUT2D eigenvalue weighted by atomic mass is 16.5. The summed E-state index contributed by atoms with van der Waals surface area (Å²) in [5, 5.41) is 2.80. The molecule has 3 N–H and O–H groups in total. The van der Waals surface area contributed by atoms with Crippen molar-refractivity contribution in [3.63, 3.8) is 0 Å². The fraction of sp³-hybridized carbons (Fsp3) is 0.462. The molecule has 0 unspecified atom stereocenters. The Morgan fingerprint density at radius 3 is 2.94 bits per heavy atom. The summed E-state index contributed by atoms with van der Waals surface area (Å²) >= 11 is 0. The molecule has 1 aromatic rings. The lowest BCUT2D eigenvalue weighted by atomic mass is 10.2. The molecular weight excluding hydrogens is 232 g/mol. The first-order valence-corrected chi connectivity index (χ1v) is 5.98. The van der Waals surface area contributed by atoms with Gasteiger partial charge in [0.25, 0.3) is 0 Å². The van der Waals surface area contributed by atoms with Crippen LogP contribution in [-0.2, 0) is 9.53 Å². The second kappa shape index (κ2) is 8.49. The van der Waals surface area contributed by atoms with Crippen LogP contribution in [0.3, 0.4) is 0 Å². The van der Waals surface area contributed by atoms with Crippen LogP contribution in [-0.4, -0.2) is 32.8 Å². The summed E-state index contributed by atoms with van der Waals surface area (Å²) in [6.45, 7) is 1.54. The van der Waals surface area contributed by atoms with Crippen molar-refractivity contribution in [2.24, 2.45) is 5.73 Å². The van der Waals surface area contributed by atoms with Gasteiger partial charge in [0, 0.05) is 25.3 Å². The van der Waals surface area contributed by atoms with Gasteiger partial charge in [0.2, 0.25) is 5.91 Å². The van der Waals surface area contributed by atoms with E-state index < -0.39 is 0 Å². The SMILES string of the molecule is COCCOc1cccc(NC(=O)CCCN)c1. The second-order valence-corrected chi connectivity index (χ2v) is 3.81. The Hall–Kier alpha value is -1.59. The number of carbonyl (C=O) groups excluding carboxylic acids is 1. The van der Waals surface area contributed by atoms with E-state index in [1.54, 1.807) is 13.2 Å². The molecule has 1 aromatic carbocycles. The largest absolute Gasteiger partial charge is 0.491 e. The summed E-state index contributed by atoms with van der Waals surface area (Å²) in [6, 6.07) is 7.28. The zero-order chi connectivity index (χ0) is 13.2. The van der Waals surface area contributed by atoms with Crippen LogP contribution in [0.25, 0.3) is 0 Å². The van der Waals surface area contributed by atoms with E-state index in [1.165, 1.54) is 0 Å². The van der Waals surface area contributed by atoms with Gasteiger partial charge in [-0.2, -0.15) is 0 Å². The number of hydrogen-bond acceptors (Lipinski definition) is 4. The number of amides is 1. The third-order valence-electron chi connectivity index (χ3n) is 2.28. The molecule has 5 nitrogen and oxygen atoms in total. The average molecular weight is 252 g/mol. The lowest BCUT2D eigenvalue weighted by Crippen LogP contribution is -2.13. The van der Waals surface area contributed by atoms with Crippen LogP contribution < -0.4 is 15.8 Å². The maximum absolute atomic E-state index is 11.5. The van der Waals surface area contributed by atoms with E-state index in [0.29, 0.717) is 38.3 Å². The van der Waals surface area contributed by atoms with Gasteiger partial charge in [-0.05, 0) is 25.1 Å². The highest BCUT2D eigenvalue weighted by Gasteiger charge is 2.02. The van der Waals surface area contributed by atoms with Crippen LogP contribution in [0.5, 0.6) is 5.75 Å². The minimum absolute atomic E-state index is 0.0329. The van der Waals surface area contributed by atoms with Gasteiger partial charge < -0.3 is 20.5 Å². The van der Waals surface area contributed by atoms with Gasteiger partial charge in [-0.1, -0.05) is 6.07 Å². The van der Waals surface area contributed by atoms with Crippen LogP contribution >= 0.6 is 0 Å². The Bertz CT molecular complexity index is 369. The lowest BCUT2D eigenvalue weighted by Gasteiger charge is -2.08. The van der Waals surface area contributed by atoms with E-state index >= 15 is 0 Å². The van der Waals surface area contributed by atoms with E-state index in [2.05, 4.69) is 5.32 Å². The van der Waals surface area contributed by atoms with Gasteiger partial charge >= 0.3 is 0 Å². The molecule has 18 heavy (non-hydrogen) atoms. The smallest absolute Gasteiger partial charge is 0.224 e. The molecule has 0 fully saturated rings. The second-order valence-electron chi connectivity index (χ2n) is 3.81. The highest BCUT2D eigenvalue weighted by molar-refractivity contribution is 5.90. The van der Waals surface area contributed by atoms with E-state index in [9.17, 15) is 4.79 Å². The number of hydrogen-bond donors (Lipinski definition) is 2. The van der Waals surface area contributed by atoms with Crippen molar-refractivity contribution in [2.75, 3.05) is 32.2 Å². The lowest BCUT2D eigenvalue weighted by molar-refractivity contribution is -0.116. The monoisotopic (exact) mass is 252 g/mol. The summed E-state index contributed by atoms with van der Waals surface area (Å²) < 4.78 is 10.3. The van der Waals surface area contributed by atoms with Gasteiger partial charge in [-0.3, -0.25) is 4.79 Å². The first kappa shape index (κ1) is 14.5. The fourth-order valence-corrected chi connectivity index (χ4v) is 1.39. The van der Waals surface area contributed by atoms with Crippen LogP contribution in [0.1, 0.15) is 12.8 Å². The Balaban J connectivity index is 2.45. The van der Waals surface area contributed by atoms with Gasteiger partial charge in [0.1, 0.15) is 12.4 Å². The predicted molar refractivity (Wildman–Crippen MR) is 70.7 cm³/mol. The predicted octanol–water partition coefficient (Wildman–Crippen LogP) is 1.39. The van der Waals surface area contributed by atoms with Crippen molar-refractivity contribution in [1.82, 2.24) is 0 Å². The van der Waals surface area contributed by atoms with E-state index in [-0.39, 0.29) is 5.91 Å². The maximum Gasteiger partial charge on any atom is 0.224 e. The number of ether oxygens (including phenoxy) is 2. The average Bonchev–Trinajstić information content (AvgIpc) is 2.37. The molecule has 0 spiro atoms. The molecule has 0 saturated carbocycles. The number of nitrogens with two attached hydrogens (primary N) is 1. The van der Waals surface area contributed by atoms with Crippen molar-refractivity contribution in [1.29, 1.82) is 0 Å². The van der Waals surface area contributed by atoms with Gasteiger partial charge in [-0.15, -0.1) is 0 Å². The van der Waals surface area contributed by atoms with Crippen LogP contribution in [0, 0.1) is 0 Å². The molecule has 1 amide bonds. The zero-order valence-electron chi connectivity index (χ0n) is 10.6. The molecule has 0 saturated heterocycles. The molecule has 0 heterocycles. The molecule has 0 aliphatic rings. The Kier molecular flexibility index (Phi) is 6.83. The molecular formula is C13H20N2O3. The number of anilines is 1. The Morgan fingerprint density at radius 2 is 2.22 bits per heavy atom. The van der Waals surface area contributed by atoms with Crippen molar-refractivity contribution in [3.05, 3.63) is 24.3 Å². The van der Waals surface area contributed by atoms with Gasteiger partial charge in [0.05, 0.1) is 6.61 Å². The summed E-state index contributed by atoms with van der Waals surface area (Å²) in [5.74, 6) is 0.679. The van der Waals surface area contributed by atoms with Crippen molar-refractivity contribution in [2.45, 2.75) is 12.8 Å². The first-order chi connectivity index (χ1) is 8.76. The summed E-state index contributed by atoms with van der Waals surface area (Å²) in [4.78, 5) is 11.5. The third kappa shape index (κ3) is 5.65. The summed E-state index contributed by atoms with van der Waals surface area (Å²) in [5.41, 5.74) is 6.08. The topological polar surface area (TPSA) is 73.6 Å². The number of nitrogens with one attached hydrogen (secondary N) is 1. The van der Waals surface area contributed by atoms with Crippen LogP contribution in [0.2, 0.25) is 0 Å². The third-order valence-corrected chi connectivity index (χ3v) is 2.28. The van der Waals surface area contributed by atoms with Crippen LogP contribution in [0.4, 0.5) is 5.69 Å². The van der Waals surface area contributed by atoms with Crippen molar-refractivity contribution >= 4 is 11.6 Å². The number of benzene rings is 1. The summed E-state index contributed by atoms with van der Waals surface area (Å²) in [6.07, 6.45) is 1.13. The molecule has 0 aromatic heterocycles.